The van der Waals surface area contributed by atoms with Gasteiger partial charge in [0.25, 0.3) is 5.91 Å². The maximum atomic E-state index is 13.0. The predicted molar refractivity (Wildman–Crippen MR) is 122 cm³/mol. The second-order valence-electron chi connectivity index (χ2n) is 8.15. The average Bonchev–Trinajstić information content (AvgIpc) is 3.56. The van der Waals surface area contributed by atoms with Crippen LogP contribution in [0.15, 0.2) is 41.9 Å². The van der Waals surface area contributed by atoms with Crippen LogP contribution in [0, 0.1) is 0 Å². The molecule has 32 heavy (non-hydrogen) atoms. The maximum Gasteiger partial charge on any atom is 0.258 e. The van der Waals surface area contributed by atoms with Crippen LogP contribution in [0.2, 0.25) is 0 Å². The van der Waals surface area contributed by atoms with E-state index in [0.717, 1.165) is 29.4 Å². The number of carbonyl (C=O) groups is 3. The van der Waals surface area contributed by atoms with Gasteiger partial charge in [0.05, 0.1) is 17.6 Å². The zero-order valence-corrected chi connectivity index (χ0v) is 18.3. The van der Waals surface area contributed by atoms with Crippen LogP contribution in [-0.2, 0) is 9.59 Å². The van der Waals surface area contributed by atoms with Gasteiger partial charge in [-0.05, 0) is 25.0 Å². The van der Waals surface area contributed by atoms with Gasteiger partial charge in [0.1, 0.15) is 0 Å². The fraction of sp³-hybridized carbons (Fsp3) is 0.348. The first-order valence-electron chi connectivity index (χ1n) is 10.7. The maximum absolute atomic E-state index is 13.0. The molecule has 1 aromatic carbocycles. The third-order valence-corrected chi connectivity index (χ3v) is 6.78. The van der Waals surface area contributed by atoms with Gasteiger partial charge in [0, 0.05) is 54.6 Å². The molecule has 3 aromatic rings. The number of likely N-dealkylation sites (tertiary alicyclic amines) is 2. The molecule has 1 unspecified atom stereocenters. The van der Waals surface area contributed by atoms with Crippen molar-refractivity contribution >= 4 is 45.1 Å². The molecule has 9 heteroatoms. The number of nitrogens with zero attached hydrogens (tertiary/aromatic N) is 4. The first-order valence-corrected chi connectivity index (χ1v) is 11.6. The molecule has 0 aliphatic carbocycles. The van der Waals surface area contributed by atoms with Crippen molar-refractivity contribution in [3.8, 4) is 0 Å². The molecule has 8 nitrogen and oxygen atoms in total. The monoisotopic (exact) mass is 449 g/mol. The van der Waals surface area contributed by atoms with Crippen LogP contribution in [0.3, 0.4) is 0 Å². The van der Waals surface area contributed by atoms with Crippen LogP contribution < -0.4 is 5.32 Å². The minimum absolute atomic E-state index is 0.0229. The fourth-order valence-electron chi connectivity index (χ4n) is 4.41. The van der Waals surface area contributed by atoms with Crippen molar-refractivity contribution < 1.29 is 14.4 Å². The van der Waals surface area contributed by atoms with Gasteiger partial charge in [-0.3, -0.25) is 24.7 Å². The van der Waals surface area contributed by atoms with E-state index in [1.54, 1.807) is 11.1 Å². The number of fused-ring (bicyclic) bond motifs is 1. The van der Waals surface area contributed by atoms with Crippen LogP contribution in [0.5, 0.6) is 0 Å². The largest absolute Gasteiger partial charge is 0.340 e. The molecular formula is C23H23N5O3S. The van der Waals surface area contributed by atoms with E-state index in [4.69, 9.17) is 4.98 Å². The molecule has 0 radical (unpaired) electrons. The smallest absolute Gasteiger partial charge is 0.258 e. The highest BCUT2D eigenvalue weighted by molar-refractivity contribution is 7.13. The van der Waals surface area contributed by atoms with E-state index in [0.29, 0.717) is 36.8 Å². The standard InChI is InChI=1S/C23H23N5O3S/c29-20-6-3-9-27(20)14-21(30)28-10-7-15(13-28)19-12-17(16-4-1-2-5-18(16)25-19)22(31)26-23-24-8-11-32-23/h1-2,4-5,8,11-12,15H,3,6-7,9-10,13-14H2,(H,24,26,31). The van der Waals surface area contributed by atoms with Gasteiger partial charge in [-0.25, -0.2) is 4.98 Å². The number of thiazole rings is 1. The van der Waals surface area contributed by atoms with E-state index in [1.807, 2.05) is 40.6 Å². The Bertz CT molecular complexity index is 1180. The second kappa shape index (κ2) is 8.66. The molecule has 0 saturated carbocycles. The number of pyridine rings is 1. The van der Waals surface area contributed by atoms with E-state index in [2.05, 4.69) is 10.3 Å². The van der Waals surface area contributed by atoms with Crippen LogP contribution in [0.4, 0.5) is 5.13 Å². The Morgan fingerprint density at radius 1 is 1.22 bits per heavy atom. The summed E-state index contributed by atoms with van der Waals surface area (Å²) < 4.78 is 0. The molecule has 164 valence electrons. The van der Waals surface area contributed by atoms with Crippen LogP contribution in [0.25, 0.3) is 10.9 Å². The first kappa shape index (κ1) is 20.6. The highest BCUT2D eigenvalue weighted by atomic mass is 32.1. The van der Waals surface area contributed by atoms with Gasteiger partial charge >= 0.3 is 0 Å². The lowest BCUT2D eigenvalue weighted by Gasteiger charge is -2.21. The number of nitrogens with one attached hydrogen (secondary N) is 1. The van der Waals surface area contributed by atoms with E-state index in [9.17, 15) is 14.4 Å². The van der Waals surface area contributed by atoms with E-state index >= 15 is 0 Å². The van der Waals surface area contributed by atoms with Gasteiger partial charge in [-0.2, -0.15) is 0 Å². The summed E-state index contributed by atoms with van der Waals surface area (Å²) in [6.07, 6.45) is 3.78. The number of anilines is 1. The Hall–Kier alpha value is -3.33. The van der Waals surface area contributed by atoms with Gasteiger partial charge in [-0.15, -0.1) is 11.3 Å². The van der Waals surface area contributed by atoms with Crippen molar-refractivity contribution in [2.45, 2.75) is 25.2 Å². The number of hydrogen-bond acceptors (Lipinski definition) is 6. The zero-order valence-electron chi connectivity index (χ0n) is 17.5. The molecule has 2 aromatic heterocycles. The fourth-order valence-corrected chi connectivity index (χ4v) is 4.93. The molecule has 2 fully saturated rings. The SMILES string of the molecule is O=C(Nc1nccs1)c1cc(C2CCN(C(=O)CN3CCCC3=O)C2)nc2ccccc12. The van der Waals surface area contributed by atoms with Crippen LogP contribution in [-0.4, -0.2) is 63.7 Å². The summed E-state index contributed by atoms with van der Waals surface area (Å²) in [5.41, 5.74) is 2.11. The zero-order chi connectivity index (χ0) is 22.1. The second-order valence-corrected chi connectivity index (χ2v) is 9.04. The normalized spacial score (nSPS) is 18.5. The predicted octanol–water partition coefficient (Wildman–Crippen LogP) is 2.88. The number of para-hydroxylation sites is 1. The van der Waals surface area contributed by atoms with Crippen molar-refractivity contribution in [1.82, 2.24) is 19.8 Å². The van der Waals surface area contributed by atoms with Gasteiger partial charge in [-0.1, -0.05) is 18.2 Å². The Morgan fingerprint density at radius 2 is 2.09 bits per heavy atom. The van der Waals surface area contributed by atoms with Gasteiger partial charge < -0.3 is 9.80 Å². The lowest BCUT2D eigenvalue weighted by atomic mass is 9.99. The molecule has 0 spiro atoms. The van der Waals surface area contributed by atoms with Crippen molar-refractivity contribution in [3.05, 3.63) is 53.2 Å². The van der Waals surface area contributed by atoms with Crippen LogP contribution in [0.1, 0.15) is 41.2 Å². The average molecular weight is 450 g/mol. The van der Waals surface area contributed by atoms with Gasteiger partial charge in [0.15, 0.2) is 5.13 Å². The third kappa shape index (κ3) is 4.08. The topological polar surface area (TPSA) is 95.5 Å². The lowest BCUT2D eigenvalue weighted by molar-refractivity contribution is -0.137. The number of aromatic nitrogens is 2. The summed E-state index contributed by atoms with van der Waals surface area (Å²) >= 11 is 1.37. The molecule has 5 rings (SSSR count). The minimum atomic E-state index is -0.224. The summed E-state index contributed by atoms with van der Waals surface area (Å²) in [6.45, 7) is 1.98. The van der Waals surface area contributed by atoms with Crippen LogP contribution >= 0.6 is 11.3 Å². The molecule has 2 aliphatic rings. The van der Waals surface area contributed by atoms with E-state index in [-0.39, 0.29) is 30.2 Å². The number of amides is 3. The molecule has 2 saturated heterocycles. The molecule has 1 N–H and O–H groups in total. The molecule has 1 atom stereocenters. The Morgan fingerprint density at radius 3 is 2.88 bits per heavy atom. The highest BCUT2D eigenvalue weighted by Crippen LogP contribution is 2.30. The van der Waals surface area contributed by atoms with E-state index < -0.39 is 0 Å². The minimum Gasteiger partial charge on any atom is -0.340 e. The molecule has 0 bridgehead atoms. The first-order chi connectivity index (χ1) is 15.6. The Kier molecular flexibility index (Phi) is 5.57. The lowest BCUT2D eigenvalue weighted by Crippen LogP contribution is -2.39. The number of hydrogen-bond donors (Lipinski definition) is 1. The van der Waals surface area contributed by atoms with Crippen molar-refractivity contribution in [1.29, 1.82) is 0 Å². The van der Waals surface area contributed by atoms with Crippen molar-refractivity contribution in [3.63, 3.8) is 0 Å². The molecular weight excluding hydrogens is 426 g/mol. The Balaban J connectivity index is 1.36. The summed E-state index contributed by atoms with van der Waals surface area (Å²) in [4.78, 5) is 50.0. The number of carbonyl (C=O) groups excluding carboxylic acids is 3. The van der Waals surface area contributed by atoms with E-state index in [1.165, 1.54) is 11.3 Å². The highest BCUT2D eigenvalue weighted by Gasteiger charge is 2.31. The summed E-state index contributed by atoms with van der Waals surface area (Å²) in [5, 5.41) is 6.00. The number of benzene rings is 1. The van der Waals surface area contributed by atoms with Crippen molar-refractivity contribution in [2.75, 3.05) is 31.5 Å². The molecule has 4 heterocycles. The molecule has 3 amide bonds. The Labute approximate surface area is 189 Å². The quantitative estimate of drug-likeness (QED) is 0.646. The molecule has 2 aliphatic heterocycles. The summed E-state index contributed by atoms with van der Waals surface area (Å²) in [6, 6.07) is 9.42. The van der Waals surface area contributed by atoms with Crippen molar-refractivity contribution in [2.24, 2.45) is 0 Å². The van der Waals surface area contributed by atoms with Gasteiger partial charge in [0.2, 0.25) is 11.8 Å². The third-order valence-electron chi connectivity index (χ3n) is 6.09. The summed E-state index contributed by atoms with van der Waals surface area (Å²) in [5.74, 6) is -0.144. The number of rotatable bonds is 5. The summed E-state index contributed by atoms with van der Waals surface area (Å²) in [7, 11) is 0.